The Hall–Kier alpha value is -0.870. The Morgan fingerprint density at radius 2 is 1.94 bits per heavy atom. The van der Waals surface area contributed by atoms with Crippen molar-refractivity contribution in [3.63, 3.8) is 0 Å². The molecule has 96 valence electrons. The minimum absolute atomic E-state index is 0.0459. The normalized spacial score (nSPS) is 11.8. The van der Waals surface area contributed by atoms with Crippen molar-refractivity contribution < 1.29 is 31.4 Å². The highest BCUT2D eigenvalue weighted by Crippen LogP contribution is 2.38. The molecular formula is C8H5F5INO2. The van der Waals surface area contributed by atoms with E-state index in [9.17, 15) is 22.0 Å². The van der Waals surface area contributed by atoms with Crippen LogP contribution in [0.15, 0.2) is 6.20 Å². The first kappa shape index (κ1) is 14.2. The van der Waals surface area contributed by atoms with Crippen LogP contribution >= 0.6 is 22.6 Å². The Morgan fingerprint density at radius 3 is 2.35 bits per heavy atom. The maximum atomic E-state index is 12.6. The molecule has 0 N–H and O–H groups in total. The molecule has 0 saturated heterocycles. The van der Waals surface area contributed by atoms with Gasteiger partial charge in [0.15, 0.2) is 5.75 Å². The van der Waals surface area contributed by atoms with Gasteiger partial charge in [-0.05, 0) is 22.6 Å². The van der Waals surface area contributed by atoms with Gasteiger partial charge in [-0.15, -0.1) is 13.2 Å². The Labute approximate surface area is 106 Å². The van der Waals surface area contributed by atoms with E-state index < -0.39 is 24.2 Å². The van der Waals surface area contributed by atoms with Crippen LogP contribution in [0.5, 0.6) is 11.6 Å². The van der Waals surface area contributed by atoms with Crippen LogP contribution in [0.25, 0.3) is 0 Å². The molecule has 0 aliphatic carbocycles. The van der Waals surface area contributed by atoms with Gasteiger partial charge >= 0.3 is 6.36 Å². The second-order valence-corrected chi connectivity index (χ2v) is 3.79. The molecule has 0 unspecified atom stereocenters. The number of methoxy groups -OCH3 is 1. The van der Waals surface area contributed by atoms with E-state index in [0.29, 0.717) is 0 Å². The summed E-state index contributed by atoms with van der Waals surface area (Å²) in [6.07, 6.45) is -7.34. The van der Waals surface area contributed by atoms with Gasteiger partial charge in [0.25, 0.3) is 6.43 Å². The molecule has 0 spiro atoms. The maximum absolute atomic E-state index is 12.6. The van der Waals surface area contributed by atoms with Gasteiger partial charge in [0.05, 0.1) is 22.4 Å². The van der Waals surface area contributed by atoms with Crippen LogP contribution in [0.3, 0.4) is 0 Å². The summed E-state index contributed by atoms with van der Waals surface area (Å²) in [6, 6.07) is 0. The molecule has 3 nitrogen and oxygen atoms in total. The lowest BCUT2D eigenvalue weighted by Crippen LogP contribution is -2.19. The number of nitrogens with zero attached hydrogens (tertiary/aromatic N) is 1. The summed E-state index contributed by atoms with van der Waals surface area (Å²) in [7, 11) is 1.19. The molecule has 9 heteroatoms. The van der Waals surface area contributed by atoms with Crippen molar-refractivity contribution in [2.24, 2.45) is 0 Å². The van der Waals surface area contributed by atoms with Crippen molar-refractivity contribution in [2.45, 2.75) is 12.8 Å². The van der Waals surface area contributed by atoms with Gasteiger partial charge in [-0.25, -0.2) is 13.8 Å². The molecule has 0 aromatic carbocycles. The molecule has 0 atom stereocenters. The van der Waals surface area contributed by atoms with Gasteiger partial charge in [0.1, 0.15) is 0 Å². The Balaban J connectivity index is 3.27. The highest BCUT2D eigenvalue weighted by molar-refractivity contribution is 14.1. The third-order valence-electron chi connectivity index (χ3n) is 1.63. The first-order valence-electron chi connectivity index (χ1n) is 4.02. The molecule has 0 amide bonds. The highest BCUT2D eigenvalue weighted by Gasteiger charge is 2.35. The van der Waals surface area contributed by atoms with Crippen LogP contribution in [0.2, 0.25) is 0 Å². The predicted molar refractivity (Wildman–Crippen MR) is 55.1 cm³/mol. The van der Waals surface area contributed by atoms with Crippen molar-refractivity contribution in [1.82, 2.24) is 4.98 Å². The number of ether oxygens (including phenoxy) is 2. The lowest BCUT2D eigenvalue weighted by atomic mass is 10.2. The van der Waals surface area contributed by atoms with E-state index in [1.807, 2.05) is 0 Å². The summed E-state index contributed by atoms with van der Waals surface area (Å²) in [5.41, 5.74) is -0.942. The van der Waals surface area contributed by atoms with Crippen LogP contribution in [0.4, 0.5) is 22.0 Å². The van der Waals surface area contributed by atoms with Crippen molar-refractivity contribution in [1.29, 1.82) is 0 Å². The van der Waals surface area contributed by atoms with Crippen molar-refractivity contribution in [2.75, 3.05) is 7.11 Å². The lowest BCUT2D eigenvalue weighted by Gasteiger charge is -2.14. The molecule has 0 aliphatic heterocycles. The number of hydrogen-bond donors (Lipinski definition) is 0. The van der Waals surface area contributed by atoms with Crippen LogP contribution in [-0.4, -0.2) is 18.5 Å². The van der Waals surface area contributed by atoms with E-state index >= 15 is 0 Å². The summed E-state index contributed by atoms with van der Waals surface area (Å²) in [4.78, 5) is 3.16. The second kappa shape index (κ2) is 5.19. The molecule has 1 rings (SSSR count). The largest absolute Gasteiger partial charge is 0.574 e. The summed E-state index contributed by atoms with van der Waals surface area (Å²) < 4.78 is 69.1. The van der Waals surface area contributed by atoms with Crippen molar-refractivity contribution >= 4 is 22.6 Å². The quantitative estimate of drug-likeness (QED) is 0.604. The fourth-order valence-electron chi connectivity index (χ4n) is 0.992. The molecule has 0 radical (unpaired) electrons. The summed E-state index contributed by atoms with van der Waals surface area (Å²) in [6.45, 7) is 0. The second-order valence-electron chi connectivity index (χ2n) is 2.71. The van der Waals surface area contributed by atoms with E-state index in [-0.39, 0.29) is 9.32 Å². The van der Waals surface area contributed by atoms with Crippen molar-refractivity contribution in [3.05, 3.63) is 15.3 Å². The van der Waals surface area contributed by atoms with Crippen LogP contribution in [0, 0.1) is 3.57 Å². The molecule has 0 fully saturated rings. The van der Waals surface area contributed by atoms with Crippen molar-refractivity contribution in [3.8, 4) is 11.6 Å². The third-order valence-corrected chi connectivity index (χ3v) is 2.75. The fraction of sp³-hybridized carbons (Fsp3) is 0.375. The zero-order chi connectivity index (χ0) is 13.2. The van der Waals surface area contributed by atoms with Gasteiger partial charge in [-0.2, -0.15) is 0 Å². The lowest BCUT2D eigenvalue weighted by molar-refractivity contribution is -0.276. The van der Waals surface area contributed by atoms with Gasteiger partial charge in [0, 0.05) is 0 Å². The number of rotatable bonds is 3. The molecular weight excluding hydrogens is 364 g/mol. The van der Waals surface area contributed by atoms with E-state index in [2.05, 4.69) is 14.5 Å². The van der Waals surface area contributed by atoms with Crippen LogP contribution < -0.4 is 9.47 Å². The van der Waals surface area contributed by atoms with Gasteiger partial charge < -0.3 is 9.47 Å². The SMILES string of the molecule is COc1cnc(OC(F)(F)F)c(C(F)F)c1I. The fourth-order valence-corrected chi connectivity index (χ4v) is 1.82. The van der Waals surface area contributed by atoms with E-state index in [4.69, 9.17) is 0 Å². The zero-order valence-corrected chi connectivity index (χ0v) is 10.3. The Morgan fingerprint density at radius 1 is 1.35 bits per heavy atom. The maximum Gasteiger partial charge on any atom is 0.574 e. The number of alkyl halides is 5. The summed E-state index contributed by atoms with van der Waals surface area (Å²) in [5, 5.41) is 0. The first-order valence-corrected chi connectivity index (χ1v) is 5.10. The summed E-state index contributed by atoms with van der Waals surface area (Å²) >= 11 is 1.44. The molecule has 17 heavy (non-hydrogen) atoms. The molecule has 1 aromatic rings. The average Bonchev–Trinajstić information content (AvgIpc) is 2.14. The zero-order valence-electron chi connectivity index (χ0n) is 8.19. The smallest absolute Gasteiger partial charge is 0.494 e. The molecule has 1 heterocycles. The van der Waals surface area contributed by atoms with Gasteiger partial charge in [0.2, 0.25) is 5.88 Å². The molecule has 0 aliphatic rings. The number of pyridine rings is 1. The topological polar surface area (TPSA) is 31.4 Å². The highest BCUT2D eigenvalue weighted by atomic mass is 127. The molecule has 0 bridgehead atoms. The standard InChI is InChI=1S/C8H5F5INO2/c1-16-3-2-15-7(17-8(11,12)13)4(5(3)14)6(9)10/h2,6H,1H3. The number of halogens is 6. The monoisotopic (exact) mass is 369 g/mol. The first-order chi connectivity index (χ1) is 7.76. The average molecular weight is 369 g/mol. The predicted octanol–water partition coefficient (Wildman–Crippen LogP) is 3.53. The van der Waals surface area contributed by atoms with Crippen LogP contribution in [0.1, 0.15) is 12.0 Å². The van der Waals surface area contributed by atoms with E-state index in [1.165, 1.54) is 29.7 Å². The van der Waals surface area contributed by atoms with E-state index in [1.54, 1.807) is 0 Å². The molecule has 1 aromatic heterocycles. The Kier molecular flexibility index (Phi) is 4.33. The minimum atomic E-state index is -5.08. The molecule has 0 saturated carbocycles. The minimum Gasteiger partial charge on any atom is -0.494 e. The van der Waals surface area contributed by atoms with E-state index in [0.717, 1.165) is 6.20 Å². The van der Waals surface area contributed by atoms with Gasteiger partial charge in [-0.3, -0.25) is 0 Å². The number of aromatic nitrogens is 1. The van der Waals surface area contributed by atoms with Gasteiger partial charge in [-0.1, -0.05) is 0 Å². The Bertz CT molecular complexity index is 410. The van der Waals surface area contributed by atoms with Crippen LogP contribution in [-0.2, 0) is 0 Å². The number of hydrogen-bond acceptors (Lipinski definition) is 3. The summed E-state index contributed by atoms with van der Waals surface area (Å²) in [5.74, 6) is -1.21. The third kappa shape index (κ3) is 3.54.